The van der Waals surface area contributed by atoms with E-state index in [4.69, 9.17) is 0 Å². The van der Waals surface area contributed by atoms with Crippen LogP contribution in [-0.2, 0) is 10.9 Å². The van der Waals surface area contributed by atoms with Gasteiger partial charge in [0.25, 0.3) is 0 Å². The van der Waals surface area contributed by atoms with Crippen LogP contribution in [0.3, 0.4) is 0 Å². The van der Waals surface area contributed by atoms with Gasteiger partial charge in [0.15, 0.2) is 9.58 Å². The number of rotatable bonds is 0. The molecule has 0 saturated carbocycles. The van der Waals surface area contributed by atoms with Gasteiger partial charge < -0.3 is 0 Å². The minimum absolute atomic E-state index is 0. The Morgan fingerprint density at radius 1 is 1.00 bits per heavy atom. The van der Waals surface area contributed by atoms with Crippen LogP contribution in [0.5, 0.6) is 0 Å². The van der Waals surface area contributed by atoms with Gasteiger partial charge in [-0.2, -0.15) is 0 Å². The van der Waals surface area contributed by atoms with Gasteiger partial charge in [-0.05, 0) is 18.6 Å². The first-order valence-electron chi connectivity index (χ1n) is 5.74. The summed E-state index contributed by atoms with van der Waals surface area (Å²) in [5.74, 6) is 0. The molecule has 0 nitrogen and oxygen atoms in total. The van der Waals surface area contributed by atoms with E-state index in [0.717, 1.165) is 5.56 Å². The number of fused-ring (bicyclic) bond motifs is 1. The lowest BCUT2D eigenvalue weighted by Crippen LogP contribution is -2.12. The smallest absolute Gasteiger partial charge is 0.147 e. The third-order valence-corrected chi connectivity index (χ3v) is 5.29. The first kappa shape index (κ1) is 16.3. The van der Waals surface area contributed by atoms with E-state index >= 15 is 0 Å². The molecular weight excluding hydrogens is 293 g/mol. The molecule has 0 spiro atoms. The fourth-order valence-corrected chi connectivity index (χ4v) is 4.29. The fraction of sp³-hybridized carbons (Fsp3) is 0.429. The van der Waals surface area contributed by atoms with Crippen LogP contribution in [0.2, 0.25) is 0 Å². The van der Waals surface area contributed by atoms with Gasteiger partial charge in [-0.15, -0.1) is 25.6 Å². The highest BCUT2D eigenvalue weighted by Crippen LogP contribution is 2.54. The van der Waals surface area contributed by atoms with Gasteiger partial charge in [0, 0.05) is 22.9 Å². The zero-order chi connectivity index (χ0) is 13.7. The highest BCUT2D eigenvalue weighted by Gasteiger charge is 2.50. The van der Waals surface area contributed by atoms with Crippen molar-refractivity contribution in [2.75, 3.05) is 0 Å². The summed E-state index contributed by atoms with van der Waals surface area (Å²) in [6.07, 6.45) is 0. The van der Waals surface area contributed by atoms with Crippen molar-refractivity contribution in [3.8, 4) is 0 Å². The Balaban J connectivity index is 0.00000180. The summed E-state index contributed by atoms with van der Waals surface area (Å²) in [6, 6.07) is 7.03. The van der Waals surface area contributed by atoms with Gasteiger partial charge in [-0.25, -0.2) is 0 Å². The molecule has 0 saturated heterocycles. The second-order valence-corrected chi connectivity index (χ2v) is 7.51. The maximum absolute atomic E-state index is 13.3. The number of aryl methyl sites for hydroxylation is 1. The number of benzene rings is 1. The standard InChI is InChI=1S/C14H16F3S.ClH/c1-9-5-6-10-8-12(13(2,3)4)18(11(10)7-9)14(15,16)17;/h5-8H,1-4H3;1H/q+1;. The molecule has 0 radical (unpaired) electrons. The van der Waals surface area contributed by atoms with E-state index in [1.54, 1.807) is 18.2 Å². The van der Waals surface area contributed by atoms with Crippen molar-refractivity contribution < 1.29 is 13.2 Å². The Kier molecular flexibility index (Phi) is 4.28. The molecule has 0 bridgehead atoms. The molecule has 2 aromatic rings. The molecule has 0 fully saturated rings. The Bertz CT molecular complexity index is 591. The summed E-state index contributed by atoms with van der Waals surface area (Å²) in [4.78, 5) is 0.482. The Morgan fingerprint density at radius 2 is 1.58 bits per heavy atom. The summed E-state index contributed by atoms with van der Waals surface area (Å²) in [5, 5.41) is 0.714. The largest absolute Gasteiger partial charge is 0.600 e. The molecule has 5 heteroatoms. The van der Waals surface area contributed by atoms with E-state index in [1.807, 2.05) is 33.8 Å². The van der Waals surface area contributed by atoms with Crippen LogP contribution in [0.4, 0.5) is 13.2 Å². The second-order valence-electron chi connectivity index (χ2n) is 5.55. The first-order chi connectivity index (χ1) is 8.10. The molecule has 0 aliphatic rings. The van der Waals surface area contributed by atoms with Crippen LogP contribution < -0.4 is 0 Å². The predicted molar refractivity (Wildman–Crippen MR) is 78.4 cm³/mol. The van der Waals surface area contributed by atoms with Crippen molar-refractivity contribution >= 4 is 33.0 Å². The SMILES string of the molecule is Cc1ccc2cc(C(C)(C)C)[s+](C(F)(F)F)c2c1.Cl. The third-order valence-electron chi connectivity index (χ3n) is 2.87. The van der Waals surface area contributed by atoms with Crippen LogP contribution in [0, 0.1) is 6.92 Å². The summed E-state index contributed by atoms with van der Waals surface area (Å²) < 4.78 is 40.4. The molecule has 0 aliphatic carbocycles. The van der Waals surface area contributed by atoms with E-state index < -0.39 is 21.4 Å². The normalized spacial score (nSPS) is 13.5. The maximum Gasteiger partial charge on any atom is 0.600 e. The molecule has 0 amide bonds. The van der Waals surface area contributed by atoms with E-state index in [9.17, 15) is 13.2 Å². The molecule has 0 aliphatic heterocycles. The van der Waals surface area contributed by atoms with E-state index in [1.165, 1.54) is 0 Å². The van der Waals surface area contributed by atoms with Gasteiger partial charge in [-0.1, -0.05) is 26.8 Å². The van der Waals surface area contributed by atoms with Crippen molar-refractivity contribution in [3.63, 3.8) is 0 Å². The van der Waals surface area contributed by atoms with Crippen LogP contribution in [-0.4, -0.2) is 0 Å². The lowest BCUT2D eigenvalue weighted by molar-refractivity contribution is -0.0869. The van der Waals surface area contributed by atoms with E-state index in [0.29, 0.717) is 15.0 Å². The molecule has 1 unspecified atom stereocenters. The molecule has 2 rings (SSSR count). The van der Waals surface area contributed by atoms with Crippen molar-refractivity contribution in [1.29, 1.82) is 0 Å². The minimum Gasteiger partial charge on any atom is -0.147 e. The van der Waals surface area contributed by atoms with Crippen molar-refractivity contribution in [3.05, 3.63) is 34.7 Å². The summed E-state index contributed by atoms with van der Waals surface area (Å²) in [5.41, 5.74) is -3.79. The summed E-state index contributed by atoms with van der Waals surface area (Å²) in [6.45, 7) is 7.34. The average Bonchev–Trinajstić information content (AvgIpc) is 2.54. The zero-order valence-corrected chi connectivity index (χ0v) is 12.9. The number of thiophene rings is 1. The molecule has 1 atom stereocenters. The molecule has 1 aromatic carbocycles. The van der Waals surface area contributed by atoms with Crippen molar-refractivity contribution in [2.45, 2.75) is 38.6 Å². The van der Waals surface area contributed by atoms with Gasteiger partial charge in [-0.3, -0.25) is 0 Å². The van der Waals surface area contributed by atoms with Crippen molar-refractivity contribution in [2.24, 2.45) is 0 Å². The predicted octanol–water partition coefficient (Wildman–Crippen LogP) is 6.09. The maximum atomic E-state index is 13.3. The quantitative estimate of drug-likeness (QED) is 0.516. The fourth-order valence-electron chi connectivity index (χ4n) is 2.03. The summed E-state index contributed by atoms with van der Waals surface area (Å²) >= 11 is 0. The second kappa shape index (κ2) is 4.98. The van der Waals surface area contributed by atoms with Crippen LogP contribution in [0.15, 0.2) is 24.3 Å². The number of halogens is 4. The number of hydrogen-bond acceptors (Lipinski definition) is 0. The lowest BCUT2D eigenvalue weighted by atomic mass is 9.94. The number of hydrogen-bond donors (Lipinski definition) is 0. The third kappa shape index (κ3) is 3.06. The lowest BCUT2D eigenvalue weighted by Gasteiger charge is -2.13. The van der Waals surface area contributed by atoms with Crippen LogP contribution >= 0.6 is 22.9 Å². The molecule has 19 heavy (non-hydrogen) atoms. The van der Waals surface area contributed by atoms with Crippen molar-refractivity contribution in [1.82, 2.24) is 0 Å². The van der Waals surface area contributed by atoms with Gasteiger partial charge in [0.1, 0.15) is 0 Å². The minimum atomic E-state index is -4.20. The summed E-state index contributed by atoms with van der Waals surface area (Å²) in [7, 11) is -1.78. The van der Waals surface area contributed by atoms with E-state index in [-0.39, 0.29) is 12.4 Å². The monoisotopic (exact) mass is 309 g/mol. The Hall–Kier alpha value is -0.740. The molecule has 1 aromatic heterocycles. The molecular formula is C14H17ClF3S+. The Morgan fingerprint density at radius 3 is 2.05 bits per heavy atom. The van der Waals surface area contributed by atoms with E-state index in [2.05, 4.69) is 0 Å². The average molecular weight is 310 g/mol. The number of alkyl halides is 3. The first-order valence-corrected chi connectivity index (χ1v) is 6.97. The van der Waals surface area contributed by atoms with Crippen LogP contribution in [0.25, 0.3) is 10.1 Å². The Labute approximate surface area is 120 Å². The molecule has 0 N–H and O–H groups in total. The van der Waals surface area contributed by atoms with Gasteiger partial charge in [0.2, 0.25) is 0 Å². The highest BCUT2D eigenvalue weighted by molar-refractivity contribution is 7.38. The highest BCUT2D eigenvalue weighted by atomic mass is 35.5. The van der Waals surface area contributed by atoms with Gasteiger partial charge >= 0.3 is 5.51 Å². The molecule has 106 valence electrons. The van der Waals surface area contributed by atoms with Crippen LogP contribution in [0.1, 0.15) is 31.2 Å². The zero-order valence-electron chi connectivity index (χ0n) is 11.3. The topological polar surface area (TPSA) is 0 Å². The molecule has 1 heterocycles. The van der Waals surface area contributed by atoms with Gasteiger partial charge in [0.05, 0.1) is 10.5 Å².